The minimum atomic E-state index is -0.629. The molecule has 1 fully saturated rings. The molecule has 0 unspecified atom stereocenters. The molecule has 0 aliphatic carbocycles. The number of imide groups is 1. The van der Waals surface area contributed by atoms with Crippen molar-refractivity contribution in [1.82, 2.24) is 4.90 Å². The predicted molar refractivity (Wildman–Crippen MR) is 119 cm³/mol. The number of hydrogen-bond acceptors (Lipinski definition) is 6. The van der Waals surface area contributed by atoms with Crippen molar-refractivity contribution in [2.45, 2.75) is 13.5 Å². The number of nitrogens with zero attached hydrogens (tertiary/aromatic N) is 1. The van der Waals surface area contributed by atoms with Gasteiger partial charge in [0.25, 0.3) is 11.1 Å². The maximum atomic E-state index is 12.6. The van der Waals surface area contributed by atoms with Gasteiger partial charge in [0.1, 0.15) is 18.9 Å². The van der Waals surface area contributed by atoms with Gasteiger partial charge < -0.3 is 9.47 Å². The van der Waals surface area contributed by atoms with Gasteiger partial charge in [0.05, 0.1) is 11.5 Å². The van der Waals surface area contributed by atoms with Gasteiger partial charge in [0.2, 0.25) is 0 Å². The largest absolute Gasteiger partial charge is 0.488 e. The van der Waals surface area contributed by atoms with Crippen LogP contribution in [0.1, 0.15) is 18.1 Å². The third kappa shape index (κ3) is 5.65. The molecule has 0 atom stereocenters. The van der Waals surface area contributed by atoms with Gasteiger partial charge in [0.15, 0.2) is 0 Å². The van der Waals surface area contributed by atoms with Crippen LogP contribution in [-0.2, 0) is 20.9 Å². The van der Waals surface area contributed by atoms with Gasteiger partial charge in [-0.2, -0.15) is 0 Å². The summed E-state index contributed by atoms with van der Waals surface area (Å²) in [5.74, 6) is -0.623. The second-order valence-corrected chi connectivity index (χ2v) is 8.52. The van der Waals surface area contributed by atoms with Gasteiger partial charge in [0, 0.05) is 15.1 Å². The molecule has 0 radical (unpaired) electrons. The number of carbonyl (C=O) groups excluding carboxylic acids is 3. The molecule has 9 heteroatoms. The highest BCUT2D eigenvalue weighted by Crippen LogP contribution is 2.35. The van der Waals surface area contributed by atoms with Crippen LogP contribution >= 0.6 is 39.3 Å². The van der Waals surface area contributed by atoms with Crippen molar-refractivity contribution in [3.63, 3.8) is 0 Å². The third-order valence-corrected chi connectivity index (χ3v) is 5.68. The van der Waals surface area contributed by atoms with Crippen LogP contribution in [0.4, 0.5) is 4.79 Å². The molecule has 1 heterocycles. The molecule has 2 aromatic rings. The Kier molecular flexibility index (Phi) is 7.58. The lowest BCUT2D eigenvalue weighted by atomic mass is 10.1. The van der Waals surface area contributed by atoms with Crippen LogP contribution < -0.4 is 4.74 Å². The van der Waals surface area contributed by atoms with Gasteiger partial charge in [-0.3, -0.25) is 19.3 Å². The van der Waals surface area contributed by atoms with E-state index in [1.165, 1.54) is 0 Å². The highest BCUT2D eigenvalue weighted by atomic mass is 79.9. The summed E-state index contributed by atoms with van der Waals surface area (Å²) in [6.45, 7) is 1.74. The fourth-order valence-electron chi connectivity index (χ4n) is 2.62. The lowest BCUT2D eigenvalue weighted by molar-refractivity contribution is -0.145. The first-order chi connectivity index (χ1) is 14.4. The topological polar surface area (TPSA) is 72.9 Å². The molecule has 0 bridgehead atoms. The highest BCUT2D eigenvalue weighted by Gasteiger charge is 2.36. The van der Waals surface area contributed by atoms with E-state index in [4.69, 9.17) is 21.1 Å². The van der Waals surface area contributed by atoms with Crippen molar-refractivity contribution in [3.05, 3.63) is 68.0 Å². The third-order valence-electron chi connectivity index (χ3n) is 4.03. The Morgan fingerprint density at radius 1 is 1.20 bits per heavy atom. The molecular formula is C21H17BrClNO5S. The summed E-state index contributed by atoms with van der Waals surface area (Å²) in [5, 5.41) is 0.125. The monoisotopic (exact) mass is 509 g/mol. The Hall–Kier alpha value is -2.29. The van der Waals surface area contributed by atoms with Gasteiger partial charge in [-0.1, -0.05) is 39.7 Å². The smallest absolute Gasteiger partial charge is 0.326 e. The number of rotatable bonds is 7. The van der Waals surface area contributed by atoms with Crippen molar-refractivity contribution >= 4 is 62.5 Å². The minimum absolute atomic E-state index is 0.178. The van der Waals surface area contributed by atoms with Crippen LogP contribution in [0.5, 0.6) is 5.75 Å². The van der Waals surface area contributed by atoms with Crippen molar-refractivity contribution in [3.8, 4) is 5.75 Å². The number of thioether (sulfide) groups is 1. The van der Waals surface area contributed by atoms with E-state index >= 15 is 0 Å². The van der Waals surface area contributed by atoms with Gasteiger partial charge in [-0.15, -0.1) is 0 Å². The molecule has 6 nitrogen and oxygen atoms in total. The molecule has 0 N–H and O–H groups in total. The molecule has 30 heavy (non-hydrogen) atoms. The second kappa shape index (κ2) is 10.1. The Balaban J connectivity index is 1.79. The molecular weight excluding hydrogens is 494 g/mol. The molecule has 0 aromatic heterocycles. The van der Waals surface area contributed by atoms with Crippen LogP contribution in [0.3, 0.4) is 0 Å². The standard InChI is InChI=1S/C21H17BrClNO5S/c1-2-28-19(25)11-24-20(26)18(30-21(24)27)10-14-9-15(22)5-8-17(14)29-12-13-3-6-16(23)7-4-13/h3-10H,2,11-12H2,1H3/b18-10-. The van der Waals surface area contributed by atoms with Gasteiger partial charge >= 0.3 is 5.97 Å². The van der Waals surface area contributed by atoms with Gasteiger partial charge in [-0.05, 0) is 60.7 Å². The molecule has 2 amide bonds. The van der Waals surface area contributed by atoms with Crippen LogP contribution in [0.15, 0.2) is 51.8 Å². The van der Waals surface area contributed by atoms with E-state index in [0.29, 0.717) is 22.9 Å². The number of hydrogen-bond donors (Lipinski definition) is 0. The van der Waals surface area contributed by atoms with Crippen LogP contribution in [0.2, 0.25) is 5.02 Å². The first-order valence-electron chi connectivity index (χ1n) is 8.95. The highest BCUT2D eigenvalue weighted by molar-refractivity contribution is 9.10. The Morgan fingerprint density at radius 2 is 1.93 bits per heavy atom. The van der Waals surface area contributed by atoms with Crippen molar-refractivity contribution in [1.29, 1.82) is 0 Å². The molecule has 1 aliphatic heterocycles. The average Bonchev–Trinajstić information content (AvgIpc) is 2.96. The number of esters is 1. The van der Waals surface area contributed by atoms with Crippen LogP contribution in [0, 0.1) is 0 Å². The molecule has 2 aromatic carbocycles. The number of benzene rings is 2. The summed E-state index contributed by atoms with van der Waals surface area (Å²) in [6.07, 6.45) is 1.58. The fraction of sp³-hybridized carbons (Fsp3) is 0.190. The lowest BCUT2D eigenvalue weighted by Gasteiger charge is -2.11. The normalized spacial score (nSPS) is 15.0. The maximum Gasteiger partial charge on any atom is 0.326 e. The summed E-state index contributed by atoms with van der Waals surface area (Å²) >= 11 is 10.1. The van der Waals surface area contributed by atoms with E-state index in [9.17, 15) is 14.4 Å². The van der Waals surface area contributed by atoms with E-state index in [1.54, 1.807) is 37.3 Å². The first kappa shape index (κ1) is 22.4. The van der Waals surface area contributed by atoms with E-state index in [2.05, 4.69) is 15.9 Å². The Morgan fingerprint density at radius 3 is 2.63 bits per heavy atom. The van der Waals surface area contributed by atoms with E-state index in [0.717, 1.165) is 26.7 Å². The summed E-state index contributed by atoms with van der Waals surface area (Å²) < 4.78 is 11.5. The van der Waals surface area contributed by atoms with Gasteiger partial charge in [-0.25, -0.2) is 0 Å². The number of ether oxygens (including phenoxy) is 2. The zero-order chi connectivity index (χ0) is 21.7. The molecule has 0 saturated carbocycles. The lowest BCUT2D eigenvalue weighted by Crippen LogP contribution is -2.34. The van der Waals surface area contributed by atoms with E-state index in [-0.39, 0.29) is 11.5 Å². The Bertz CT molecular complexity index is 1010. The zero-order valence-electron chi connectivity index (χ0n) is 15.9. The number of amides is 2. The summed E-state index contributed by atoms with van der Waals surface area (Å²) in [7, 11) is 0. The summed E-state index contributed by atoms with van der Waals surface area (Å²) in [6, 6.07) is 12.7. The fourth-order valence-corrected chi connectivity index (χ4v) is 3.95. The number of carbonyl (C=O) groups is 3. The summed E-state index contributed by atoms with van der Waals surface area (Å²) in [5.41, 5.74) is 1.56. The maximum absolute atomic E-state index is 12.6. The SMILES string of the molecule is CCOC(=O)CN1C(=O)S/C(=C\c2cc(Br)ccc2OCc2ccc(Cl)cc2)C1=O. The summed E-state index contributed by atoms with van der Waals surface area (Å²) in [4.78, 5) is 37.5. The van der Waals surface area contributed by atoms with Crippen molar-refractivity contribution < 1.29 is 23.9 Å². The molecule has 156 valence electrons. The second-order valence-electron chi connectivity index (χ2n) is 6.17. The van der Waals surface area contributed by atoms with E-state index < -0.39 is 23.7 Å². The van der Waals surface area contributed by atoms with E-state index in [1.807, 2.05) is 18.2 Å². The van der Waals surface area contributed by atoms with Crippen LogP contribution in [-0.4, -0.2) is 35.2 Å². The average molecular weight is 511 g/mol. The zero-order valence-corrected chi connectivity index (χ0v) is 19.1. The minimum Gasteiger partial charge on any atom is -0.488 e. The molecule has 1 saturated heterocycles. The number of halogens is 2. The van der Waals surface area contributed by atoms with Crippen LogP contribution in [0.25, 0.3) is 6.08 Å². The molecule has 3 rings (SSSR count). The molecule has 0 spiro atoms. The molecule has 1 aliphatic rings. The Labute approximate surface area is 191 Å². The first-order valence-corrected chi connectivity index (χ1v) is 10.9. The predicted octanol–water partition coefficient (Wildman–Crippen LogP) is 5.28. The van der Waals surface area contributed by atoms with Crippen molar-refractivity contribution in [2.24, 2.45) is 0 Å². The quantitative estimate of drug-likeness (QED) is 0.373. The van der Waals surface area contributed by atoms with Crippen molar-refractivity contribution in [2.75, 3.05) is 13.2 Å².